The number of hydrogen-bond donors (Lipinski definition) is 1. The zero-order valence-corrected chi connectivity index (χ0v) is 19.9. The Balaban J connectivity index is 1.95. The Morgan fingerprint density at radius 2 is 1.76 bits per heavy atom. The third-order valence-corrected chi connectivity index (χ3v) is 5.67. The van der Waals surface area contributed by atoms with Gasteiger partial charge in [0.2, 0.25) is 0 Å². The highest BCUT2D eigenvalue weighted by atomic mass is 19.1. The van der Waals surface area contributed by atoms with Gasteiger partial charge in [0, 0.05) is 17.7 Å². The lowest BCUT2D eigenvalue weighted by Crippen LogP contribution is -2.33. The summed E-state index contributed by atoms with van der Waals surface area (Å²) >= 11 is 0. The molecule has 6 nitrogen and oxygen atoms in total. The van der Waals surface area contributed by atoms with Crippen LogP contribution in [0.25, 0.3) is 5.76 Å². The van der Waals surface area contributed by atoms with Crippen LogP contribution in [0, 0.1) is 5.82 Å². The number of benzene rings is 2. The summed E-state index contributed by atoms with van der Waals surface area (Å²) < 4.78 is 26.0. The fourth-order valence-corrected chi connectivity index (χ4v) is 3.92. The summed E-state index contributed by atoms with van der Waals surface area (Å²) in [5, 5.41) is 11.1. The summed E-state index contributed by atoms with van der Waals surface area (Å²) in [6.45, 7) is 6.70. The van der Waals surface area contributed by atoms with Gasteiger partial charge in [-0.3, -0.25) is 9.59 Å². The van der Waals surface area contributed by atoms with Crippen molar-refractivity contribution in [1.82, 2.24) is 4.90 Å². The standard InChI is InChI=1S/C27H32FNO5/c1-4-5-8-16-34-20-13-11-19(12-14-20)25(30)23-24(21-9-6-7-10-22(21)28)29(27(32)26(23)31)15-17-33-18(2)3/h6-7,9-14,18,24,30H,4-5,8,15-17H2,1-3H3/b25-23-. The molecular formula is C27H32FNO5. The number of amides is 1. The number of nitrogens with zero attached hydrogens (tertiary/aromatic N) is 1. The first-order valence-corrected chi connectivity index (χ1v) is 11.7. The molecule has 1 unspecified atom stereocenters. The molecule has 0 spiro atoms. The minimum absolute atomic E-state index is 0.0635. The van der Waals surface area contributed by atoms with Crippen LogP contribution in [-0.2, 0) is 14.3 Å². The topological polar surface area (TPSA) is 76.1 Å². The zero-order chi connectivity index (χ0) is 24.7. The lowest BCUT2D eigenvalue weighted by atomic mass is 9.95. The first kappa shape index (κ1) is 25.4. The van der Waals surface area contributed by atoms with Crippen LogP contribution in [0.1, 0.15) is 57.2 Å². The predicted octanol–water partition coefficient (Wildman–Crippen LogP) is 5.24. The van der Waals surface area contributed by atoms with Crippen LogP contribution in [0.2, 0.25) is 0 Å². The van der Waals surface area contributed by atoms with E-state index in [0.717, 1.165) is 19.3 Å². The molecule has 1 heterocycles. The van der Waals surface area contributed by atoms with Gasteiger partial charge in [-0.1, -0.05) is 38.0 Å². The summed E-state index contributed by atoms with van der Waals surface area (Å²) in [5.41, 5.74) is 0.346. The van der Waals surface area contributed by atoms with Crippen LogP contribution >= 0.6 is 0 Å². The lowest BCUT2D eigenvalue weighted by Gasteiger charge is -2.26. The van der Waals surface area contributed by atoms with Crippen molar-refractivity contribution in [3.63, 3.8) is 0 Å². The van der Waals surface area contributed by atoms with E-state index < -0.39 is 23.5 Å². The molecular weight excluding hydrogens is 437 g/mol. The number of carbonyl (C=O) groups excluding carboxylic acids is 2. The number of aliphatic hydroxyl groups excluding tert-OH is 1. The van der Waals surface area contributed by atoms with Crippen LogP contribution in [0.15, 0.2) is 54.1 Å². The first-order chi connectivity index (χ1) is 16.3. The fourth-order valence-electron chi connectivity index (χ4n) is 3.92. The first-order valence-electron chi connectivity index (χ1n) is 11.7. The smallest absolute Gasteiger partial charge is 0.295 e. The zero-order valence-electron chi connectivity index (χ0n) is 19.9. The third-order valence-electron chi connectivity index (χ3n) is 5.67. The van der Waals surface area contributed by atoms with Crippen molar-refractivity contribution in [2.75, 3.05) is 19.8 Å². The Morgan fingerprint density at radius 1 is 1.06 bits per heavy atom. The van der Waals surface area contributed by atoms with E-state index in [1.165, 1.54) is 23.1 Å². The lowest BCUT2D eigenvalue weighted by molar-refractivity contribution is -0.140. The molecule has 1 amide bonds. The maximum absolute atomic E-state index is 14.8. The van der Waals surface area contributed by atoms with Crippen molar-refractivity contribution in [3.8, 4) is 5.75 Å². The molecule has 2 aromatic rings. The van der Waals surface area contributed by atoms with Gasteiger partial charge in [0.25, 0.3) is 11.7 Å². The van der Waals surface area contributed by atoms with E-state index >= 15 is 0 Å². The highest BCUT2D eigenvalue weighted by molar-refractivity contribution is 6.46. The van der Waals surface area contributed by atoms with E-state index in [1.54, 1.807) is 30.3 Å². The molecule has 7 heteroatoms. The molecule has 1 aliphatic heterocycles. The molecule has 0 saturated carbocycles. The van der Waals surface area contributed by atoms with Gasteiger partial charge >= 0.3 is 0 Å². The van der Waals surface area contributed by atoms with Gasteiger partial charge in [0.05, 0.1) is 30.9 Å². The average Bonchev–Trinajstić information content (AvgIpc) is 3.07. The van der Waals surface area contributed by atoms with Crippen LogP contribution in [0.4, 0.5) is 4.39 Å². The van der Waals surface area contributed by atoms with Gasteiger partial charge in [0.15, 0.2) is 0 Å². The number of rotatable bonds is 11. The summed E-state index contributed by atoms with van der Waals surface area (Å²) in [4.78, 5) is 27.1. The van der Waals surface area contributed by atoms with E-state index in [0.29, 0.717) is 17.9 Å². The predicted molar refractivity (Wildman–Crippen MR) is 128 cm³/mol. The molecule has 1 aliphatic rings. The number of halogens is 1. The SMILES string of the molecule is CCCCCOc1ccc(/C(O)=C2/C(=O)C(=O)N(CCOC(C)C)C2c2ccccc2F)cc1. The van der Waals surface area contributed by atoms with Gasteiger partial charge in [-0.05, 0) is 50.6 Å². The second-order valence-corrected chi connectivity index (χ2v) is 8.51. The normalized spacial score (nSPS) is 17.6. The van der Waals surface area contributed by atoms with Gasteiger partial charge < -0.3 is 19.5 Å². The fraction of sp³-hybridized carbons (Fsp3) is 0.407. The number of aliphatic hydroxyl groups is 1. The molecule has 1 N–H and O–H groups in total. The Hall–Kier alpha value is -3.19. The Bertz CT molecular complexity index is 1030. The number of carbonyl (C=O) groups is 2. The molecule has 34 heavy (non-hydrogen) atoms. The van der Waals surface area contributed by atoms with Gasteiger partial charge in [0.1, 0.15) is 17.3 Å². The summed E-state index contributed by atoms with van der Waals surface area (Å²) in [7, 11) is 0. The van der Waals surface area contributed by atoms with Crippen molar-refractivity contribution in [1.29, 1.82) is 0 Å². The molecule has 0 radical (unpaired) electrons. The van der Waals surface area contributed by atoms with E-state index in [2.05, 4.69) is 6.92 Å². The maximum atomic E-state index is 14.8. The average molecular weight is 470 g/mol. The van der Waals surface area contributed by atoms with Crippen molar-refractivity contribution < 1.29 is 28.6 Å². The molecule has 0 aliphatic carbocycles. The molecule has 1 atom stereocenters. The summed E-state index contributed by atoms with van der Waals surface area (Å²) in [6.07, 6.45) is 3.06. The Labute approximate surface area is 200 Å². The van der Waals surface area contributed by atoms with Crippen LogP contribution in [-0.4, -0.2) is 47.6 Å². The number of ether oxygens (including phenoxy) is 2. The molecule has 182 valence electrons. The van der Waals surface area contributed by atoms with E-state index in [4.69, 9.17) is 9.47 Å². The number of Topliss-reactive ketones (excluding diaryl/α,β-unsaturated/α-hetero) is 1. The molecule has 0 aromatic heterocycles. The van der Waals surface area contributed by atoms with Crippen molar-refractivity contribution in [2.45, 2.75) is 52.2 Å². The maximum Gasteiger partial charge on any atom is 0.295 e. The quantitative estimate of drug-likeness (QED) is 0.211. The Kier molecular flexibility index (Phi) is 8.82. The van der Waals surface area contributed by atoms with E-state index in [-0.39, 0.29) is 36.2 Å². The second kappa shape index (κ2) is 11.8. The number of unbranched alkanes of at least 4 members (excludes halogenated alkanes) is 2. The van der Waals surface area contributed by atoms with Crippen LogP contribution in [0.5, 0.6) is 5.75 Å². The highest BCUT2D eigenvalue weighted by Crippen LogP contribution is 2.40. The number of hydrogen-bond acceptors (Lipinski definition) is 5. The second-order valence-electron chi connectivity index (χ2n) is 8.51. The van der Waals surface area contributed by atoms with Crippen LogP contribution in [0.3, 0.4) is 0 Å². The minimum Gasteiger partial charge on any atom is -0.507 e. The largest absolute Gasteiger partial charge is 0.507 e. The third kappa shape index (κ3) is 5.83. The van der Waals surface area contributed by atoms with Crippen molar-refractivity contribution in [2.24, 2.45) is 0 Å². The molecule has 0 bridgehead atoms. The van der Waals surface area contributed by atoms with Crippen LogP contribution < -0.4 is 4.74 Å². The van der Waals surface area contributed by atoms with Gasteiger partial charge in [-0.15, -0.1) is 0 Å². The minimum atomic E-state index is -1.05. The number of likely N-dealkylation sites (tertiary alicyclic amines) is 1. The van der Waals surface area contributed by atoms with Gasteiger partial charge in [-0.2, -0.15) is 0 Å². The van der Waals surface area contributed by atoms with Crippen molar-refractivity contribution >= 4 is 17.4 Å². The highest BCUT2D eigenvalue weighted by Gasteiger charge is 2.46. The molecule has 1 saturated heterocycles. The Morgan fingerprint density at radius 3 is 2.41 bits per heavy atom. The molecule has 2 aromatic carbocycles. The molecule has 3 rings (SSSR count). The van der Waals surface area contributed by atoms with Crippen molar-refractivity contribution in [3.05, 3.63) is 71.0 Å². The van der Waals surface area contributed by atoms with E-state index in [9.17, 15) is 19.1 Å². The summed E-state index contributed by atoms with van der Waals surface area (Å²) in [5.74, 6) is -1.92. The van der Waals surface area contributed by atoms with Gasteiger partial charge in [-0.25, -0.2) is 4.39 Å². The number of ketones is 1. The molecule has 1 fully saturated rings. The van der Waals surface area contributed by atoms with E-state index in [1.807, 2.05) is 13.8 Å². The monoisotopic (exact) mass is 469 g/mol. The summed E-state index contributed by atoms with van der Waals surface area (Å²) in [6, 6.07) is 11.5.